The van der Waals surface area contributed by atoms with Crippen molar-refractivity contribution >= 4 is 5.91 Å². The van der Waals surface area contributed by atoms with Gasteiger partial charge in [-0.3, -0.25) is 4.79 Å². The molecule has 0 aromatic heterocycles. The highest BCUT2D eigenvalue weighted by molar-refractivity contribution is 5.94. The highest BCUT2D eigenvalue weighted by Gasteiger charge is 2.34. The quantitative estimate of drug-likeness (QED) is 0.863. The van der Waals surface area contributed by atoms with Crippen LogP contribution in [-0.4, -0.2) is 17.6 Å². The second-order valence-electron chi connectivity index (χ2n) is 7.42. The molecule has 1 saturated carbocycles. The van der Waals surface area contributed by atoms with Crippen LogP contribution in [0.1, 0.15) is 43.5 Å². The van der Waals surface area contributed by atoms with Crippen molar-refractivity contribution in [2.45, 2.75) is 33.1 Å². The van der Waals surface area contributed by atoms with Gasteiger partial charge in [0.15, 0.2) is 0 Å². The molecule has 1 aliphatic rings. The van der Waals surface area contributed by atoms with E-state index in [1.54, 1.807) is 12.1 Å². The number of phenols is 1. The molecule has 1 unspecified atom stereocenters. The molecule has 0 spiro atoms. The fourth-order valence-corrected chi connectivity index (χ4v) is 3.59. The van der Waals surface area contributed by atoms with E-state index >= 15 is 0 Å². The van der Waals surface area contributed by atoms with Gasteiger partial charge in [0.2, 0.25) is 0 Å². The van der Waals surface area contributed by atoms with Gasteiger partial charge in [0.1, 0.15) is 5.75 Å². The van der Waals surface area contributed by atoms with E-state index < -0.39 is 0 Å². The number of aromatic hydroxyl groups is 1. The Morgan fingerprint density at radius 1 is 1.17 bits per heavy atom. The summed E-state index contributed by atoms with van der Waals surface area (Å²) in [6, 6.07) is 14.6. The number of rotatable bonds is 4. The number of carbonyl (C=O) groups excluding carboxylic acids is 1. The topological polar surface area (TPSA) is 49.3 Å². The SMILES string of the molecule is CC1(C)CCCC1CNC(=O)c1ccc(-c2cccc(O)c2)cc1. The summed E-state index contributed by atoms with van der Waals surface area (Å²) in [6.07, 6.45) is 3.70. The first-order valence-electron chi connectivity index (χ1n) is 8.63. The lowest BCUT2D eigenvalue weighted by Gasteiger charge is -2.27. The normalized spacial score (nSPS) is 19.2. The van der Waals surface area contributed by atoms with Crippen LogP contribution < -0.4 is 5.32 Å². The van der Waals surface area contributed by atoms with E-state index in [2.05, 4.69) is 19.2 Å². The summed E-state index contributed by atoms with van der Waals surface area (Å²) < 4.78 is 0. The summed E-state index contributed by atoms with van der Waals surface area (Å²) in [5, 5.41) is 12.7. The molecule has 3 nitrogen and oxygen atoms in total. The van der Waals surface area contributed by atoms with Gasteiger partial charge in [-0.25, -0.2) is 0 Å². The van der Waals surface area contributed by atoms with Crippen LogP contribution in [0, 0.1) is 11.3 Å². The Balaban J connectivity index is 1.64. The summed E-state index contributed by atoms with van der Waals surface area (Å²) in [7, 11) is 0. The van der Waals surface area contributed by atoms with Gasteiger partial charge in [-0.1, -0.05) is 44.5 Å². The minimum atomic E-state index is -0.0137. The first kappa shape index (κ1) is 16.6. The third-order valence-electron chi connectivity index (χ3n) is 5.31. The van der Waals surface area contributed by atoms with E-state index in [0.717, 1.165) is 17.7 Å². The zero-order chi connectivity index (χ0) is 17.2. The Morgan fingerprint density at radius 2 is 1.92 bits per heavy atom. The minimum Gasteiger partial charge on any atom is -0.508 e. The van der Waals surface area contributed by atoms with Gasteiger partial charge >= 0.3 is 0 Å². The molecule has 2 aromatic carbocycles. The molecule has 0 saturated heterocycles. The first-order chi connectivity index (χ1) is 11.5. The Bertz CT molecular complexity index is 719. The summed E-state index contributed by atoms with van der Waals surface area (Å²) in [4.78, 5) is 12.4. The van der Waals surface area contributed by atoms with E-state index in [1.807, 2.05) is 36.4 Å². The molecule has 2 aromatic rings. The molecule has 1 amide bonds. The Hall–Kier alpha value is -2.29. The van der Waals surface area contributed by atoms with E-state index in [0.29, 0.717) is 16.9 Å². The van der Waals surface area contributed by atoms with E-state index in [1.165, 1.54) is 19.3 Å². The highest BCUT2D eigenvalue weighted by atomic mass is 16.3. The molecule has 1 fully saturated rings. The molecular weight excluding hydrogens is 298 g/mol. The van der Waals surface area contributed by atoms with Gasteiger partial charge in [0.25, 0.3) is 5.91 Å². The van der Waals surface area contributed by atoms with Crippen molar-refractivity contribution in [2.24, 2.45) is 11.3 Å². The molecule has 126 valence electrons. The van der Waals surface area contributed by atoms with Gasteiger partial charge in [-0.2, -0.15) is 0 Å². The smallest absolute Gasteiger partial charge is 0.251 e. The molecular formula is C21H25NO2. The third-order valence-corrected chi connectivity index (χ3v) is 5.31. The van der Waals surface area contributed by atoms with Crippen LogP contribution in [0.4, 0.5) is 0 Å². The number of hydrogen-bond donors (Lipinski definition) is 2. The molecule has 0 radical (unpaired) electrons. The van der Waals surface area contributed by atoms with Gasteiger partial charge in [0, 0.05) is 12.1 Å². The molecule has 1 aliphatic carbocycles. The van der Waals surface area contributed by atoms with Crippen LogP contribution in [-0.2, 0) is 0 Å². The van der Waals surface area contributed by atoms with Crippen molar-refractivity contribution in [3.05, 3.63) is 54.1 Å². The maximum atomic E-state index is 12.4. The van der Waals surface area contributed by atoms with Crippen LogP contribution in [0.3, 0.4) is 0 Å². The molecule has 3 rings (SSSR count). The summed E-state index contributed by atoms with van der Waals surface area (Å²) in [6.45, 7) is 5.34. The predicted octanol–water partition coefficient (Wildman–Crippen LogP) is 4.62. The van der Waals surface area contributed by atoms with Crippen molar-refractivity contribution in [1.29, 1.82) is 0 Å². The standard InChI is InChI=1S/C21H25NO2/c1-21(2)12-4-6-18(21)14-22-20(24)16-10-8-15(9-11-16)17-5-3-7-19(23)13-17/h3,5,7-11,13,18,23H,4,6,12,14H2,1-2H3,(H,22,24). The lowest BCUT2D eigenvalue weighted by atomic mass is 9.82. The van der Waals surface area contributed by atoms with Crippen molar-refractivity contribution in [2.75, 3.05) is 6.54 Å². The Labute approximate surface area is 143 Å². The number of phenolic OH excluding ortho intramolecular Hbond substituents is 1. The van der Waals surface area contributed by atoms with E-state index in [-0.39, 0.29) is 11.7 Å². The number of benzene rings is 2. The highest BCUT2D eigenvalue weighted by Crippen LogP contribution is 2.42. The summed E-state index contributed by atoms with van der Waals surface area (Å²) >= 11 is 0. The molecule has 0 bridgehead atoms. The van der Waals surface area contributed by atoms with Crippen LogP contribution in [0.2, 0.25) is 0 Å². The minimum absolute atomic E-state index is 0.0137. The monoisotopic (exact) mass is 323 g/mol. The van der Waals surface area contributed by atoms with Gasteiger partial charge < -0.3 is 10.4 Å². The molecule has 0 aliphatic heterocycles. The zero-order valence-electron chi connectivity index (χ0n) is 14.4. The second-order valence-corrected chi connectivity index (χ2v) is 7.42. The average Bonchev–Trinajstić information content (AvgIpc) is 2.91. The van der Waals surface area contributed by atoms with Gasteiger partial charge in [0.05, 0.1) is 0 Å². The third kappa shape index (κ3) is 3.61. The van der Waals surface area contributed by atoms with E-state index in [9.17, 15) is 9.90 Å². The largest absolute Gasteiger partial charge is 0.508 e. The molecule has 2 N–H and O–H groups in total. The first-order valence-corrected chi connectivity index (χ1v) is 8.63. The predicted molar refractivity (Wildman–Crippen MR) is 97.0 cm³/mol. The molecule has 3 heteroatoms. The number of amides is 1. The zero-order valence-corrected chi connectivity index (χ0v) is 14.4. The van der Waals surface area contributed by atoms with Gasteiger partial charge in [-0.05, 0) is 59.6 Å². The second kappa shape index (κ2) is 6.68. The van der Waals surface area contributed by atoms with E-state index in [4.69, 9.17) is 0 Å². The summed E-state index contributed by atoms with van der Waals surface area (Å²) in [5.74, 6) is 0.793. The van der Waals surface area contributed by atoms with Crippen LogP contribution >= 0.6 is 0 Å². The lowest BCUT2D eigenvalue weighted by molar-refractivity contribution is 0.0937. The fourth-order valence-electron chi connectivity index (χ4n) is 3.59. The molecule has 0 heterocycles. The van der Waals surface area contributed by atoms with Crippen LogP contribution in [0.15, 0.2) is 48.5 Å². The van der Waals surface area contributed by atoms with Crippen LogP contribution in [0.5, 0.6) is 5.75 Å². The van der Waals surface area contributed by atoms with Crippen molar-refractivity contribution in [3.8, 4) is 16.9 Å². The average molecular weight is 323 g/mol. The van der Waals surface area contributed by atoms with Gasteiger partial charge in [-0.15, -0.1) is 0 Å². The Morgan fingerprint density at radius 3 is 2.54 bits per heavy atom. The Kier molecular flexibility index (Phi) is 4.61. The lowest BCUT2D eigenvalue weighted by Crippen LogP contribution is -2.33. The summed E-state index contributed by atoms with van der Waals surface area (Å²) in [5.41, 5.74) is 2.93. The number of nitrogens with one attached hydrogen (secondary N) is 1. The van der Waals surface area contributed by atoms with Crippen molar-refractivity contribution in [3.63, 3.8) is 0 Å². The maximum absolute atomic E-state index is 12.4. The maximum Gasteiger partial charge on any atom is 0.251 e. The fraction of sp³-hybridized carbons (Fsp3) is 0.381. The molecule has 24 heavy (non-hydrogen) atoms. The van der Waals surface area contributed by atoms with Crippen molar-refractivity contribution in [1.82, 2.24) is 5.32 Å². The number of carbonyl (C=O) groups is 1. The number of hydrogen-bond acceptors (Lipinski definition) is 2. The van der Waals surface area contributed by atoms with Crippen molar-refractivity contribution < 1.29 is 9.90 Å². The van der Waals surface area contributed by atoms with Crippen LogP contribution in [0.25, 0.3) is 11.1 Å². The molecule has 1 atom stereocenters.